The number of nitriles is 1. The van der Waals surface area contributed by atoms with Crippen molar-refractivity contribution in [3.8, 4) is 11.8 Å². The quantitative estimate of drug-likeness (QED) is 0.754. The van der Waals surface area contributed by atoms with E-state index in [0.717, 1.165) is 0 Å². The number of carbonyl (C=O) groups is 1. The first kappa shape index (κ1) is 10.1. The average molecular weight is 191 g/mol. The highest BCUT2D eigenvalue weighted by atomic mass is 16.4. The zero-order valence-corrected chi connectivity index (χ0v) is 7.40. The number of aliphatic carboxylic acids is 1. The Hall–Kier alpha value is -2.02. The molecule has 0 aliphatic carbocycles. The Balaban J connectivity index is 2.87. The maximum absolute atomic E-state index is 10.3. The van der Waals surface area contributed by atoms with Gasteiger partial charge in [0.15, 0.2) is 0 Å². The van der Waals surface area contributed by atoms with Crippen molar-refractivity contribution in [3.63, 3.8) is 0 Å². The normalized spacial score (nSPS) is 9.36. The van der Waals surface area contributed by atoms with Crippen LogP contribution in [0.25, 0.3) is 0 Å². The van der Waals surface area contributed by atoms with Crippen molar-refractivity contribution in [2.45, 2.75) is 12.8 Å². The molecule has 4 heteroatoms. The van der Waals surface area contributed by atoms with Crippen LogP contribution in [0.2, 0.25) is 0 Å². The summed E-state index contributed by atoms with van der Waals surface area (Å²) < 4.78 is 0. The van der Waals surface area contributed by atoms with Crippen LogP contribution < -0.4 is 0 Å². The predicted octanol–water partition coefficient (Wildman–Crippen LogP) is 1.28. The van der Waals surface area contributed by atoms with Gasteiger partial charge in [0.2, 0.25) is 0 Å². The Kier molecular flexibility index (Phi) is 3.08. The van der Waals surface area contributed by atoms with Crippen LogP contribution in [0.1, 0.15) is 17.5 Å². The highest BCUT2D eigenvalue weighted by molar-refractivity contribution is 5.67. The van der Waals surface area contributed by atoms with Gasteiger partial charge in [0, 0.05) is 6.42 Å². The van der Waals surface area contributed by atoms with Gasteiger partial charge in [-0.1, -0.05) is 6.07 Å². The number of rotatable bonds is 3. The lowest BCUT2D eigenvalue weighted by Gasteiger charge is -2.01. The smallest absolute Gasteiger partial charge is 0.303 e. The molecule has 1 aromatic carbocycles. The summed E-state index contributed by atoms with van der Waals surface area (Å²) in [5.41, 5.74) is 0.971. The third kappa shape index (κ3) is 2.49. The molecule has 14 heavy (non-hydrogen) atoms. The van der Waals surface area contributed by atoms with Crippen LogP contribution in [0.5, 0.6) is 5.75 Å². The first-order chi connectivity index (χ1) is 6.63. The lowest BCUT2D eigenvalue weighted by molar-refractivity contribution is -0.136. The van der Waals surface area contributed by atoms with Crippen molar-refractivity contribution in [3.05, 3.63) is 29.3 Å². The van der Waals surface area contributed by atoms with E-state index in [1.165, 1.54) is 12.1 Å². The molecule has 0 saturated carbocycles. The zero-order valence-electron chi connectivity index (χ0n) is 7.40. The van der Waals surface area contributed by atoms with Crippen molar-refractivity contribution >= 4 is 5.97 Å². The monoisotopic (exact) mass is 191 g/mol. The fourth-order valence-electron chi connectivity index (χ4n) is 1.13. The summed E-state index contributed by atoms with van der Waals surface area (Å²) >= 11 is 0. The van der Waals surface area contributed by atoms with Crippen molar-refractivity contribution < 1.29 is 15.0 Å². The molecule has 0 radical (unpaired) electrons. The van der Waals surface area contributed by atoms with Gasteiger partial charge in [-0.15, -0.1) is 0 Å². The van der Waals surface area contributed by atoms with Crippen LogP contribution in [-0.4, -0.2) is 16.2 Å². The standard InChI is InChI=1S/C10H9NO3/c11-6-8-5-9(12)3-1-7(8)2-4-10(13)14/h1,3,5,12H,2,4H2,(H,13,14). The molecule has 1 aromatic rings. The summed E-state index contributed by atoms with van der Waals surface area (Å²) in [6.45, 7) is 0. The van der Waals surface area contributed by atoms with Crippen molar-refractivity contribution in [2.75, 3.05) is 0 Å². The third-order valence-corrected chi connectivity index (χ3v) is 1.82. The van der Waals surface area contributed by atoms with E-state index in [2.05, 4.69) is 0 Å². The minimum absolute atomic E-state index is 0.0144. The molecule has 72 valence electrons. The molecule has 0 fully saturated rings. The average Bonchev–Trinajstić information content (AvgIpc) is 2.15. The third-order valence-electron chi connectivity index (χ3n) is 1.82. The highest BCUT2D eigenvalue weighted by Gasteiger charge is 2.05. The molecule has 0 aromatic heterocycles. The van der Waals surface area contributed by atoms with E-state index < -0.39 is 5.97 Å². The number of carboxylic acid groups (broad SMARTS) is 1. The maximum Gasteiger partial charge on any atom is 0.303 e. The van der Waals surface area contributed by atoms with E-state index in [1.54, 1.807) is 6.07 Å². The van der Waals surface area contributed by atoms with Crippen molar-refractivity contribution in [1.82, 2.24) is 0 Å². The largest absolute Gasteiger partial charge is 0.508 e. The predicted molar refractivity (Wildman–Crippen MR) is 48.8 cm³/mol. The van der Waals surface area contributed by atoms with Crippen LogP contribution in [0.15, 0.2) is 18.2 Å². The molecule has 0 saturated heterocycles. The molecule has 2 N–H and O–H groups in total. The Morgan fingerprint density at radius 1 is 1.50 bits per heavy atom. The minimum Gasteiger partial charge on any atom is -0.508 e. The first-order valence-corrected chi connectivity index (χ1v) is 4.07. The second-order valence-corrected chi connectivity index (χ2v) is 2.85. The number of benzene rings is 1. The number of nitrogens with zero attached hydrogens (tertiary/aromatic N) is 1. The number of hydrogen-bond acceptors (Lipinski definition) is 3. The minimum atomic E-state index is -0.901. The van der Waals surface area contributed by atoms with Gasteiger partial charge in [-0.3, -0.25) is 4.79 Å². The second kappa shape index (κ2) is 4.28. The number of phenols is 1. The summed E-state index contributed by atoms with van der Waals surface area (Å²) in [5.74, 6) is -0.886. The van der Waals surface area contributed by atoms with Crippen LogP contribution in [0, 0.1) is 11.3 Å². The topological polar surface area (TPSA) is 81.3 Å². The number of hydrogen-bond donors (Lipinski definition) is 2. The lowest BCUT2D eigenvalue weighted by atomic mass is 10.0. The van der Waals surface area contributed by atoms with Gasteiger partial charge in [0.1, 0.15) is 5.75 Å². The summed E-state index contributed by atoms with van der Waals surface area (Å²) in [4.78, 5) is 10.3. The molecular weight excluding hydrogens is 182 g/mol. The van der Waals surface area contributed by atoms with Crippen LogP contribution in [0.3, 0.4) is 0 Å². The van der Waals surface area contributed by atoms with E-state index in [-0.39, 0.29) is 12.2 Å². The number of carboxylic acids is 1. The Morgan fingerprint density at radius 3 is 2.79 bits per heavy atom. The number of aryl methyl sites for hydroxylation is 1. The molecule has 0 heterocycles. The van der Waals surface area contributed by atoms with E-state index in [4.69, 9.17) is 15.5 Å². The fraction of sp³-hybridized carbons (Fsp3) is 0.200. The first-order valence-electron chi connectivity index (χ1n) is 4.07. The van der Waals surface area contributed by atoms with Crippen molar-refractivity contribution in [2.24, 2.45) is 0 Å². The molecule has 0 bridgehead atoms. The Morgan fingerprint density at radius 2 is 2.21 bits per heavy atom. The van der Waals surface area contributed by atoms with Crippen LogP contribution in [-0.2, 0) is 11.2 Å². The summed E-state index contributed by atoms with van der Waals surface area (Å²) in [6, 6.07) is 6.25. The summed E-state index contributed by atoms with van der Waals surface area (Å²) in [5, 5.41) is 26.2. The van der Waals surface area contributed by atoms with Crippen LogP contribution in [0.4, 0.5) is 0 Å². The van der Waals surface area contributed by atoms with Gasteiger partial charge in [-0.25, -0.2) is 0 Å². The van der Waals surface area contributed by atoms with E-state index in [1.807, 2.05) is 6.07 Å². The van der Waals surface area contributed by atoms with Gasteiger partial charge in [-0.05, 0) is 24.1 Å². The zero-order chi connectivity index (χ0) is 10.6. The molecule has 0 spiro atoms. The second-order valence-electron chi connectivity index (χ2n) is 2.85. The highest BCUT2D eigenvalue weighted by Crippen LogP contribution is 2.17. The van der Waals surface area contributed by atoms with E-state index in [0.29, 0.717) is 17.5 Å². The SMILES string of the molecule is N#Cc1cc(O)ccc1CCC(=O)O. The van der Waals surface area contributed by atoms with E-state index >= 15 is 0 Å². The maximum atomic E-state index is 10.3. The molecular formula is C10H9NO3. The molecule has 0 aliphatic heterocycles. The Labute approximate surface area is 81.0 Å². The van der Waals surface area contributed by atoms with Gasteiger partial charge >= 0.3 is 5.97 Å². The van der Waals surface area contributed by atoms with Gasteiger partial charge in [-0.2, -0.15) is 5.26 Å². The molecule has 0 aliphatic rings. The summed E-state index contributed by atoms with van der Waals surface area (Å²) in [7, 11) is 0. The molecule has 0 atom stereocenters. The number of aromatic hydroxyl groups is 1. The van der Waals surface area contributed by atoms with E-state index in [9.17, 15) is 4.79 Å². The van der Waals surface area contributed by atoms with Gasteiger partial charge in [0.25, 0.3) is 0 Å². The molecule has 1 rings (SSSR count). The fourth-order valence-corrected chi connectivity index (χ4v) is 1.13. The Bertz CT molecular complexity index is 393. The lowest BCUT2D eigenvalue weighted by Crippen LogP contribution is -1.99. The molecule has 0 amide bonds. The summed E-state index contributed by atoms with van der Waals surface area (Å²) in [6.07, 6.45) is 0.290. The number of phenolic OH excluding ortho intramolecular Hbond substituents is 1. The van der Waals surface area contributed by atoms with Gasteiger partial charge < -0.3 is 10.2 Å². The molecule has 0 unspecified atom stereocenters. The van der Waals surface area contributed by atoms with Crippen molar-refractivity contribution in [1.29, 1.82) is 5.26 Å². The molecule has 4 nitrogen and oxygen atoms in total. The van der Waals surface area contributed by atoms with Crippen LogP contribution >= 0.6 is 0 Å². The van der Waals surface area contributed by atoms with Gasteiger partial charge in [0.05, 0.1) is 11.6 Å².